The van der Waals surface area contributed by atoms with Crippen LogP contribution in [0.4, 0.5) is 4.79 Å². The van der Waals surface area contributed by atoms with Crippen LogP contribution in [0.3, 0.4) is 0 Å². The van der Waals surface area contributed by atoms with Crippen LogP contribution in [0.2, 0.25) is 0 Å². The molecule has 1 unspecified atom stereocenters. The third-order valence-electron chi connectivity index (χ3n) is 3.02. The first kappa shape index (κ1) is 14.1. The van der Waals surface area contributed by atoms with Crippen LogP contribution in [0, 0.1) is 0 Å². The Morgan fingerprint density at radius 2 is 2.18 bits per heavy atom. The van der Waals surface area contributed by atoms with Gasteiger partial charge in [0.2, 0.25) is 5.91 Å². The molecule has 98 valence electrons. The van der Waals surface area contributed by atoms with E-state index in [1.165, 1.54) is 0 Å². The van der Waals surface area contributed by atoms with Crippen LogP contribution in [0.25, 0.3) is 0 Å². The molecule has 1 rings (SSSR count). The molecular weight excluding hydrogens is 242 g/mol. The number of nitrogens with zero attached hydrogens (tertiary/aromatic N) is 1. The van der Waals surface area contributed by atoms with Crippen molar-refractivity contribution in [2.45, 2.75) is 31.7 Å². The van der Waals surface area contributed by atoms with Crippen LogP contribution in [0.15, 0.2) is 0 Å². The third kappa shape index (κ3) is 4.42. The summed E-state index contributed by atoms with van der Waals surface area (Å²) in [7, 11) is 1.64. The van der Waals surface area contributed by atoms with Crippen molar-refractivity contribution in [2.75, 3.05) is 26.0 Å². The van der Waals surface area contributed by atoms with E-state index in [9.17, 15) is 9.59 Å². The molecule has 3 amide bonds. The monoisotopic (exact) mass is 261 g/mol. The molecule has 6 heteroatoms. The topological polar surface area (TPSA) is 61.4 Å². The first-order valence-corrected chi connectivity index (χ1v) is 6.53. The SMILES string of the molecule is CNC(=O)N1CCCCC1CCNC(=O)CCl. The number of piperidine rings is 1. The van der Waals surface area contributed by atoms with Crippen molar-refractivity contribution < 1.29 is 9.59 Å². The molecular formula is C11H20ClN3O2. The lowest BCUT2D eigenvalue weighted by Crippen LogP contribution is -2.48. The second-order valence-corrected chi connectivity index (χ2v) is 4.44. The van der Waals surface area contributed by atoms with Crippen LogP contribution in [-0.4, -0.2) is 48.9 Å². The smallest absolute Gasteiger partial charge is 0.317 e. The molecule has 1 heterocycles. The molecule has 0 spiro atoms. The summed E-state index contributed by atoms with van der Waals surface area (Å²) in [5.74, 6) is -0.168. The second-order valence-electron chi connectivity index (χ2n) is 4.17. The van der Waals surface area contributed by atoms with E-state index < -0.39 is 0 Å². The van der Waals surface area contributed by atoms with Crippen molar-refractivity contribution in [2.24, 2.45) is 0 Å². The largest absolute Gasteiger partial charge is 0.355 e. The Morgan fingerprint density at radius 1 is 1.41 bits per heavy atom. The molecule has 0 radical (unpaired) electrons. The highest BCUT2D eigenvalue weighted by Crippen LogP contribution is 2.19. The van der Waals surface area contributed by atoms with Crippen molar-refractivity contribution in [1.29, 1.82) is 0 Å². The number of halogens is 1. The summed E-state index contributed by atoms with van der Waals surface area (Å²) in [4.78, 5) is 24.5. The Bertz CT molecular complexity index is 273. The summed E-state index contributed by atoms with van der Waals surface area (Å²) < 4.78 is 0. The Morgan fingerprint density at radius 3 is 2.82 bits per heavy atom. The maximum atomic E-state index is 11.6. The minimum absolute atomic E-state index is 0.0101. The molecule has 0 saturated carbocycles. The highest BCUT2D eigenvalue weighted by atomic mass is 35.5. The minimum Gasteiger partial charge on any atom is -0.355 e. The first-order valence-electron chi connectivity index (χ1n) is 6.00. The maximum Gasteiger partial charge on any atom is 0.317 e. The molecule has 1 aliphatic heterocycles. The summed E-state index contributed by atoms with van der Waals surface area (Å²) in [6.45, 7) is 1.37. The lowest BCUT2D eigenvalue weighted by Gasteiger charge is -2.35. The Balaban J connectivity index is 2.37. The van der Waals surface area contributed by atoms with Gasteiger partial charge in [-0.2, -0.15) is 0 Å². The van der Waals surface area contributed by atoms with E-state index in [1.807, 2.05) is 4.90 Å². The fourth-order valence-corrected chi connectivity index (χ4v) is 2.23. The van der Waals surface area contributed by atoms with Crippen molar-refractivity contribution in [3.05, 3.63) is 0 Å². The number of amides is 3. The molecule has 1 atom stereocenters. The molecule has 1 aliphatic rings. The van der Waals surface area contributed by atoms with E-state index in [0.717, 1.165) is 32.2 Å². The van der Waals surface area contributed by atoms with Crippen LogP contribution in [0.1, 0.15) is 25.7 Å². The van der Waals surface area contributed by atoms with Gasteiger partial charge in [0.1, 0.15) is 5.88 Å². The van der Waals surface area contributed by atoms with Gasteiger partial charge in [0.15, 0.2) is 0 Å². The molecule has 5 nitrogen and oxygen atoms in total. The average Bonchev–Trinajstić information content (AvgIpc) is 2.38. The zero-order valence-electron chi connectivity index (χ0n) is 10.2. The van der Waals surface area contributed by atoms with Gasteiger partial charge >= 0.3 is 6.03 Å². The van der Waals surface area contributed by atoms with Gasteiger partial charge < -0.3 is 15.5 Å². The number of hydrogen-bond donors (Lipinski definition) is 2. The molecule has 0 aromatic carbocycles. The number of carbonyl (C=O) groups is 2. The van der Waals surface area contributed by atoms with E-state index in [4.69, 9.17) is 11.6 Å². The quantitative estimate of drug-likeness (QED) is 0.740. The Hall–Kier alpha value is -0.970. The summed E-state index contributed by atoms with van der Waals surface area (Å²) in [5.41, 5.74) is 0. The third-order valence-corrected chi connectivity index (χ3v) is 3.27. The maximum absolute atomic E-state index is 11.6. The Labute approximate surface area is 107 Å². The van der Waals surface area contributed by atoms with Gasteiger partial charge in [-0.15, -0.1) is 11.6 Å². The van der Waals surface area contributed by atoms with Crippen molar-refractivity contribution in [1.82, 2.24) is 15.5 Å². The van der Waals surface area contributed by atoms with Crippen LogP contribution in [0.5, 0.6) is 0 Å². The highest BCUT2D eigenvalue weighted by Gasteiger charge is 2.25. The van der Waals surface area contributed by atoms with Gasteiger partial charge in [0.05, 0.1) is 0 Å². The molecule has 1 fully saturated rings. The van der Waals surface area contributed by atoms with E-state index in [-0.39, 0.29) is 23.9 Å². The second kappa shape index (κ2) is 7.37. The van der Waals surface area contributed by atoms with E-state index in [1.54, 1.807) is 7.05 Å². The minimum atomic E-state index is -0.158. The van der Waals surface area contributed by atoms with Gasteiger partial charge in [-0.1, -0.05) is 0 Å². The van der Waals surface area contributed by atoms with Crippen molar-refractivity contribution >= 4 is 23.5 Å². The predicted molar refractivity (Wildman–Crippen MR) is 67.1 cm³/mol. The summed E-state index contributed by atoms with van der Waals surface area (Å²) >= 11 is 5.39. The molecule has 17 heavy (non-hydrogen) atoms. The summed E-state index contributed by atoms with van der Waals surface area (Å²) in [5, 5.41) is 5.38. The van der Waals surface area contributed by atoms with Gasteiger partial charge in [-0.05, 0) is 25.7 Å². The molecule has 0 bridgehead atoms. The van der Waals surface area contributed by atoms with Crippen LogP contribution < -0.4 is 10.6 Å². The van der Waals surface area contributed by atoms with Crippen LogP contribution in [-0.2, 0) is 4.79 Å². The van der Waals surface area contributed by atoms with Gasteiger partial charge in [0, 0.05) is 26.2 Å². The number of rotatable bonds is 4. The number of urea groups is 1. The van der Waals surface area contributed by atoms with E-state index in [0.29, 0.717) is 6.54 Å². The molecule has 0 aromatic heterocycles. The fraction of sp³-hybridized carbons (Fsp3) is 0.818. The van der Waals surface area contributed by atoms with Crippen molar-refractivity contribution in [3.8, 4) is 0 Å². The molecule has 1 saturated heterocycles. The zero-order valence-corrected chi connectivity index (χ0v) is 10.9. The van der Waals surface area contributed by atoms with Gasteiger partial charge in [-0.25, -0.2) is 4.79 Å². The Kier molecular flexibility index (Phi) is 6.11. The average molecular weight is 262 g/mol. The molecule has 0 aromatic rings. The number of likely N-dealkylation sites (tertiary alicyclic amines) is 1. The predicted octanol–water partition coefficient (Wildman–Crippen LogP) is 0.925. The van der Waals surface area contributed by atoms with E-state index in [2.05, 4.69) is 10.6 Å². The van der Waals surface area contributed by atoms with Gasteiger partial charge in [0.25, 0.3) is 0 Å². The summed E-state index contributed by atoms with van der Waals surface area (Å²) in [6, 6.07) is 0.192. The summed E-state index contributed by atoms with van der Waals surface area (Å²) in [6.07, 6.45) is 3.99. The number of nitrogens with one attached hydrogen (secondary N) is 2. The molecule has 0 aliphatic carbocycles. The first-order chi connectivity index (χ1) is 8.19. The van der Waals surface area contributed by atoms with Crippen LogP contribution >= 0.6 is 11.6 Å². The van der Waals surface area contributed by atoms with E-state index >= 15 is 0 Å². The van der Waals surface area contributed by atoms with Gasteiger partial charge in [-0.3, -0.25) is 4.79 Å². The lowest BCUT2D eigenvalue weighted by molar-refractivity contribution is -0.118. The van der Waals surface area contributed by atoms with Crippen molar-refractivity contribution in [3.63, 3.8) is 0 Å². The zero-order chi connectivity index (χ0) is 12.7. The standard InChI is InChI=1S/C11H20ClN3O2/c1-13-11(17)15-7-3-2-4-9(15)5-6-14-10(16)8-12/h9H,2-8H2,1H3,(H,13,17)(H,14,16). The normalized spacial score (nSPS) is 19.9. The number of carbonyl (C=O) groups excluding carboxylic acids is 2. The molecule has 2 N–H and O–H groups in total. The lowest BCUT2D eigenvalue weighted by atomic mass is 10.00. The number of hydrogen-bond acceptors (Lipinski definition) is 2. The fourth-order valence-electron chi connectivity index (χ4n) is 2.14. The number of alkyl halides is 1. The highest BCUT2D eigenvalue weighted by molar-refractivity contribution is 6.27.